The third kappa shape index (κ3) is 30.7. The molecule has 26 heavy (non-hydrogen) atoms. The normalized spacial score (nSPS) is 10.6. The molecule has 0 heterocycles. The van der Waals surface area contributed by atoms with E-state index in [1.54, 1.807) is 6.92 Å². The molecule has 0 aromatic carbocycles. The zero-order valence-electron chi connectivity index (χ0n) is 17.3. The summed E-state index contributed by atoms with van der Waals surface area (Å²) in [5.41, 5.74) is 0. The van der Waals surface area contributed by atoms with Gasteiger partial charge in [-0.05, 0) is 33.6 Å². The predicted octanol–water partition coefficient (Wildman–Crippen LogP) is 2.86. The third-order valence-corrected chi connectivity index (χ3v) is 2.79. The van der Waals surface area contributed by atoms with Gasteiger partial charge >= 0.3 is 11.9 Å². The van der Waals surface area contributed by atoms with Crippen molar-refractivity contribution in [3.8, 4) is 0 Å². The summed E-state index contributed by atoms with van der Waals surface area (Å²) in [6, 6.07) is 0. The van der Waals surface area contributed by atoms with Crippen LogP contribution in [-0.2, 0) is 23.8 Å². The number of aliphatic hydroxyl groups excluding tert-OH is 2. The molecule has 7 nitrogen and oxygen atoms in total. The van der Waals surface area contributed by atoms with Crippen LogP contribution in [0.2, 0.25) is 0 Å². The Morgan fingerprint density at radius 3 is 1.65 bits per heavy atom. The molecule has 1 atom stereocenters. The number of esters is 2. The van der Waals surface area contributed by atoms with Crippen molar-refractivity contribution in [1.29, 1.82) is 0 Å². The third-order valence-electron chi connectivity index (χ3n) is 2.79. The van der Waals surface area contributed by atoms with E-state index in [1.807, 2.05) is 27.7 Å². The van der Waals surface area contributed by atoms with Crippen molar-refractivity contribution in [2.24, 2.45) is 0 Å². The van der Waals surface area contributed by atoms with Gasteiger partial charge in [-0.3, -0.25) is 9.59 Å². The Labute approximate surface area is 159 Å². The summed E-state index contributed by atoms with van der Waals surface area (Å²) < 4.78 is 14.9. The molecule has 0 rings (SSSR count). The summed E-state index contributed by atoms with van der Waals surface area (Å²) in [5, 5.41) is 15.2. The topological polar surface area (TPSA) is 102 Å². The van der Waals surface area contributed by atoms with Gasteiger partial charge in [-0.2, -0.15) is 0 Å². The number of aliphatic hydroxyl groups is 2. The summed E-state index contributed by atoms with van der Waals surface area (Å²) in [6.07, 6.45) is 4.12. The number of hydrogen-bond donors (Lipinski definition) is 2. The molecule has 158 valence electrons. The fourth-order valence-corrected chi connectivity index (χ4v) is 1.45. The first-order valence-electron chi connectivity index (χ1n) is 9.57. The van der Waals surface area contributed by atoms with Gasteiger partial charge in [0.05, 0.1) is 13.2 Å². The fourth-order valence-electron chi connectivity index (χ4n) is 1.45. The van der Waals surface area contributed by atoms with Gasteiger partial charge in [-0.1, -0.05) is 26.7 Å². The molecule has 0 aliphatic carbocycles. The highest BCUT2D eigenvalue weighted by molar-refractivity contribution is 5.70. The van der Waals surface area contributed by atoms with Crippen molar-refractivity contribution in [3.63, 3.8) is 0 Å². The summed E-state index contributed by atoms with van der Waals surface area (Å²) in [5.74, 6) is -0.438. The number of rotatable bonds is 12. The van der Waals surface area contributed by atoms with Crippen LogP contribution in [0.15, 0.2) is 0 Å². The molecule has 0 fully saturated rings. The fraction of sp³-hybridized carbons (Fsp3) is 0.895. The van der Waals surface area contributed by atoms with Crippen molar-refractivity contribution in [3.05, 3.63) is 0 Å². The van der Waals surface area contributed by atoms with Crippen LogP contribution >= 0.6 is 0 Å². The lowest BCUT2D eigenvalue weighted by molar-refractivity contribution is -0.158. The maximum Gasteiger partial charge on any atom is 0.306 e. The zero-order chi connectivity index (χ0) is 20.6. The lowest BCUT2D eigenvalue weighted by atomic mass is 10.2. The van der Waals surface area contributed by atoms with E-state index < -0.39 is 0 Å². The van der Waals surface area contributed by atoms with E-state index in [9.17, 15) is 9.59 Å². The van der Waals surface area contributed by atoms with Gasteiger partial charge in [0, 0.05) is 26.1 Å². The Morgan fingerprint density at radius 1 is 0.846 bits per heavy atom. The molecule has 0 aromatic rings. The molecule has 0 bridgehead atoms. The van der Waals surface area contributed by atoms with Gasteiger partial charge in [0.2, 0.25) is 0 Å². The summed E-state index contributed by atoms with van der Waals surface area (Å²) in [6.45, 7) is 11.3. The van der Waals surface area contributed by atoms with E-state index in [4.69, 9.17) is 24.4 Å². The Balaban J connectivity index is -0.000000484. The molecular weight excluding hydrogens is 340 g/mol. The van der Waals surface area contributed by atoms with E-state index in [0.717, 1.165) is 38.9 Å². The van der Waals surface area contributed by atoms with E-state index in [0.29, 0.717) is 12.8 Å². The monoisotopic (exact) mass is 380 g/mol. The second kappa shape index (κ2) is 26.1. The van der Waals surface area contributed by atoms with Gasteiger partial charge in [-0.25, -0.2) is 0 Å². The standard InChI is InChI=1S/C13H24O4.C4H10O.C2H6O2/c1-4-6-8-12(14)16-10-11(3)17-13(15)9-7-5-2;1-3-5-4-2;3-1-2-4/h11H,4-10H2,1-3H3;3-4H2,1-2H3;3-4H,1-2H2. The van der Waals surface area contributed by atoms with Crippen molar-refractivity contribution in [2.75, 3.05) is 33.0 Å². The summed E-state index contributed by atoms with van der Waals surface area (Å²) in [4.78, 5) is 22.5. The first-order valence-corrected chi connectivity index (χ1v) is 9.57. The Hall–Kier alpha value is -1.18. The molecule has 2 N–H and O–H groups in total. The van der Waals surface area contributed by atoms with Crippen molar-refractivity contribution < 1.29 is 34.0 Å². The molecule has 7 heteroatoms. The van der Waals surface area contributed by atoms with E-state index >= 15 is 0 Å². The van der Waals surface area contributed by atoms with E-state index in [2.05, 4.69) is 0 Å². The summed E-state index contributed by atoms with van der Waals surface area (Å²) in [7, 11) is 0. The lowest BCUT2D eigenvalue weighted by Gasteiger charge is -2.13. The number of ether oxygens (including phenoxy) is 3. The smallest absolute Gasteiger partial charge is 0.306 e. The largest absolute Gasteiger partial charge is 0.462 e. The quantitative estimate of drug-likeness (QED) is 0.502. The van der Waals surface area contributed by atoms with Crippen molar-refractivity contribution >= 4 is 11.9 Å². The minimum absolute atomic E-state index is 0.125. The van der Waals surface area contributed by atoms with Gasteiger partial charge in [0.25, 0.3) is 0 Å². The number of carbonyl (C=O) groups is 2. The molecule has 0 aromatic heterocycles. The number of carbonyl (C=O) groups excluding carboxylic acids is 2. The highest BCUT2D eigenvalue weighted by Crippen LogP contribution is 2.02. The van der Waals surface area contributed by atoms with Gasteiger partial charge in [0.1, 0.15) is 12.7 Å². The maximum absolute atomic E-state index is 11.3. The Bertz CT molecular complexity index is 292. The minimum atomic E-state index is -0.357. The number of hydrogen-bond acceptors (Lipinski definition) is 7. The predicted molar refractivity (Wildman–Crippen MR) is 102 cm³/mol. The van der Waals surface area contributed by atoms with Gasteiger partial charge in [0.15, 0.2) is 0 Å². The first kappa shape index (κ1) is 29.6. The van der Waals surface area contributed by atoms with Crippen LogP contribution in [0.5, 0.6) is 0 Å². The van der Waals surface area contributed by atoms with Crippen LogP contribution in [-0.4, -0.2) is 61.3 Å². The number of unbranched alkanes of at least 4 members (excludes halogenated alkanes) is 2. The molecule has 0 spiro atoms. The Morgan fingerprint density at radius 2 is 1.31 bits per heavy atom. The van der Waals surface area contributed by atoms with Crippen molar-refractivity contribution in [2.45, 2.75) is 79.2 Å². The van der Waals surface area contributed by atoms with Crippen LogP contribution in [0.4, 0.5) is 0 Å². The average molecular weight is 381 g/mol. The highest BCUT2D eigenvalue weighted by atomic mass is 16.6. The van der Waals surface area contributed by atoms with Crippen LogP contribution in [0.1, 0.15) is 73.1 Å². The van der Waals surface area contributed by atoms with Crippen LogP contribution < -0.4 is 0 Å². The molecule has 0 saturated carbocycles. The molecule has 1 unspecified atom stereocenters. The zero-order valence-corrected chi connectivity index (χ0v) is 17.3. The first-order chi connectivity index (χ1) is 12.4. The van der Waals surface area contributed by atoms with Gasteiger partial charge < -0.3 is 24.4 Å². The molecular formula is C19H40O7. The lowest BCUT2D eigenvalue weighted by Crippen LogP contribution is -2.22. The van der Waals surface area contributed by atoms with E-state index in [-0.39, 0.29) is 37.9 Å². The second-order valence-corrected chi connectivity index (χ2v) is 5.42. The highest BCUT2D eigenvalue weighted by Gasteiger charge is 2.11. The molecule has 0 aliphatic rings. The van der Waals surface area contributed by atoms with Crippen LogP contribution in [0, 0.1) is 0 Å². The molecule has 0 aliphatic heterocycles. The van der Waals surface area contributed by atoms with Crippen LogP contribution in [0.3, 0.4) is 0 Å². The van der Waals surface area contributed by atoms with E-state index in [1.165, 1.54) is 0 Å². The molecule has 0 saturated heterocycles. The second-order valence-electron chi connectivity index (χ2n) is 5.42. The molecule has 0 amide bonds. The van der Waals surface area contributed by atoms with Crippen molar-refractivity contribution in [1.82, 2.24) is 0 Å². The minimum Gasteiger partial charge on any atom is -0.462 e. The van der Waals surface area contributed by atoms with Crippen LogP contribution in [0.25, 0.3) is 0 Å². The summed E-state index contributed by atoms with van der Waals surface area (Å²) >= 11 is 0. The van der Waals surface area contributed by atoms with Gasteiger partial charge in [-0.15, -0.1) is 0 Å². The Kier molecular flexibility index (Phi) is 29.6. The molecule has 0 radical (unpaired) electrons. The maximum atomic E-state index is 11.3. The SMILES string of the molecule is CCCCC(=O)OCC(C)OC(=O)CCCC.CCOCC.OCCO. The average Bonchev–Trinajstić information content (AvgIpc) is 2.64.